The minimum absolute atomic E-state index is 0.282. The average Bonchev–Trinajstić information content (AvgIpc) is 2.29. The number of allylic oxidation sites excluding steroid dienone is 4. The normalized spacial score (nSPS) is 26.1. The van der Waals surface area contributed by atoms with Crippen LogP contribution >= 0.6 is 0 Å². The third kappa shape index (κ3) is 3.46. The molecule has 0 amide bonds. The van der Waals surface area contributed by atoms with Gasteiger partial charge in [0.25, 0.3) is 0 Å². The second-order valence-corrected chi connectivity index (χ2v) is 3.47. The van der Waals surface area contributed by atoms with E-state index in [2.05, 4.69) is 10.2 Å². The maximum atomic E-state index is 11.6. The number of ether oxygens (including phenoxy) is 1. The van der Waals surface area contributed by atoms with Crippen molar-refractivity contribution in [1.29, 1.82) is 0 Å². The van der Waals surface area contributed by atoms with Crippen LogP contribution < -0.4 is 0 Å². The van der Waals surface area contributed by atoms with Crippen LogP contribution in [0.4, 0.5) is 0 Å². The molecule has 0 aliphatic carbocycles. The van der Waals surface area contributed by atoms with Gasteiger partial charge in [-0.3, -0.25) is 0 Å². The zero-order chi connectivity index (χ0) is 12.0. The van der Waals surface area contributed by atoms with E-state index < -0.39 is 5.97 Å². The van der Waals surface area contributed by atoms with Gasteiger partial charge in [0, 0.05) is 0 Å². The molecule has 1 aliphatic heterocycles. The molecule has 0 aromatic rings. The van der Waals surface area contributed by atoms with Crippen LogP contribution in [0.3, 0.4) is 0 Å². The van der Waals surface area contributed by atoms with E-state index in [1.54, 1.807) is 6.92 Å². The standard InChI is InChI=1S/C12H16N2O2/c1-4-16-12(15)11-10(3)8-9(2)6-5-7-13-14-11/h5-6,8H,4,7H2,1-3H3/b6-5-,9-8-,11-10+,14-13?. The predicted octanol–water partition coefficient (Wildman–Crippen LogP) is 2.79. The Morgan fingerprint density at radius 3 is 2.94 bits per heavy atom. The van der Waals surface area contributed by atoms with Crippen molar-refractivity contribution in [2.24, 2.45) is 10.2 Å². The molecule has 0 fully saturated rings. The molecule has 0 N–H and O–H groups in total. The van der Waals surface area contributed by atoms with E-state index in [9.17, 15) is 4.79 Å². The lowest BCUT2D eigenvalue weighted by Crippen LogP contribution is -2.07. The Balaban J connectivity index is 3.06. The molecule has 0 spiro atoms. The van der Waals surface area contributed by atoms with E-state index in [4.69, 9.17) is 4.74 Å². The second kappa shape index (κ2) is 6.00. The van der Waals surface area contributed by atoms with Crippen molar-refractivity contribution in [1.82, 2.24) is 0 Å². The van der Waals surface area contributed by atoms with Gasteiger partial charge in [-0.2, -0.15) is 5.11 Å². The molecule has 0 unspecified atom stereocenters. The van der Waals surface area contributed by atoms with E-state index in [-0.39, 0.29) is 5.70 Å². The lowest BCUT2D eigenvalue weighted by molar-refractivity contribution is -0.138. The van der Waals surface area contributed by atoms with Gasteiger partial charge < -0.3 is 4.74 Å². The molecule has 0 saturated heterocycles. The van der Waals surface area contributed by atoms with Gasteiger partial charge in [-0.25, -0.2) is 4.79 Å². The van der Waals surface area contributed by atoms with Crippen LogP contribution in [0, 0.1) is 0 Å². The molecule has 0 bridgehead atoms. The summed E-state index contributed by atoms with van der Waals surface area (Å²) in [6.07, 6.45) is 5.75. The summed E-state index contributed by atoms with van der Waals surface area (Å²) < 4.78 is 4.92. The number of carbonyl (C=O) groups is 1. The van der Waals surface area contributed by atoms with E-state index in [0.717, 1.165) is 11.1 Å². The molecule has 0 saturated carbocycles. The molecule has 1 aliphatic rings. The van der Waals surface area contributed by atoms with Crippen molar-refractivity contribution in [2.75, 3.05) is 13.2 Å². The maximum absolute atomic E-state index is 11.6. The Kier molecular flexibility index (Phi) is 4.64. The van der Waals surface area contributed by atoms with Crippen molar-refractivity contribution in [3.8, 4) is 0 Å². The molecule has 0 atom stereocenters. The molecule has 16 heavy (non-hydrogen) atoms. The fourth-order valence-corrected chi connectivity index (χ4v) is 1.34. The van der Waals surface area contributed by atoms with Crippen LogP contribution in [-0.2, 0) is 9.53 Å². The summed E-state index contributed by atoms with van der Waals surface area (Å²) in [4.78, 5) is 11.6. The molecular formula is C12H16N2O2. The number of azo groups is 1. The Morgan fingerprint density at radius 1 is 1.50 bits per heavy atom. The highest BCUT2D eigenvalue weighted by atomic mass is 16.5. The number of carbonyl (C=O) groups excluding carboxylic acids is 1. The summed E-state index contributed by atoms with van der Waals surface area (Å²) >= 11 is 0. The molecular weight excluding hydrogens is 204 g/mol. The highest BCUT2D eigenvalue weighted by molar-refractivity contribution is 5.89. The minimum Gasteiger partial charge on any atom is -0.461 e. The molecule has 0 aromatic heterocycles. The Morgan fingerprint density at radius 2 is 2.25 bits per heavy atom. The first-order valence-electron chi connectivity index (χ1n) is 5.25. The smallest absolute Gasteiger partial charge is 0.359 e. The molecule has 1 rings (SSSR count). The first kappa shape index (κ1) is 12.4. The zero-order valence-electron chi connectivity index (χ0n) is 9.86. The van der Waals surface area contributed by atoms with Crippen molar-refractivity contribution in [2.45, 2.75) is 20.8 Å². The minimum atomic E-state index is -0.422. The van der Waals surface area contributed by atoms with E-state index in [1.165, 1.54) is 0 Å². The van der Waals surface area contributed by atoms with E-state index in [0.29, 0.717) is 13.2 Å². The third-order valence-electron chi connectivity index (χ3n) is 2.02. The number of hydrogen-bond donors (Lipinski definition) is 0. The largest absolute Gasteiger partial charge is 0.461 e. The summed E-state index contributed by atoms with van der Waals surface area (Å²) in [5, 5.41) is 7.82. The van der Waals surface area contributed by atoms with Gasteiger partial charge in [-0.15, -0.1) is 5.11 Å². The highest BCUT2D eigenvalue weighted by Crippen LogP contribution is 2.14. The van der Waals surface area contributed by atoms with Gasteiger partial charge in [-0.1, -0.05) is 23.8 Å². The SMILES string of the molecule is CCOC(=O)\C1=C(C)/C=C(C)\C=C/CN=N1. The van der Waals surface area contributed by atoms with Crippen LogP contribution in [0.15, 0.2) is 45.3 Å². The Labute approximate surface area is 95.4 Å². The quantitative estimate of drug-likeness (QED) is 0.672. The summed E-state index contributed by atoms with van der Waals surface area (Å²) in [7, 11) is 0. The van der Waals surface area contributed by atoms with Crippen molar-refractivity contribution < 1.29 is 9.53 Å². The van der Waals surface area contributed by atoms with Gasteiger partial charge in [0.05, 0.1) is 13.2 Å². The van der Waals surface area contributed by atoms with Gasteiger partial charge in [-0.05, 0) is 26.3 Å². The maximum Gasteiger partial charge on any atom is 0.359 e. The summed E-state index contributed by atoms with van der Waals surface area (Å²) in [5.41, 5.74) is 2.11. The van der Waals surface area contributed by atoms with Crippen LogP contribution in [0.5, 0.6) is 0 Å². The fourth-order valence-electron chi connectivity index (χ4n) is 1.34. The van der Waals surface area contributed by atoms with Crippen molar-refractivity contribution in [3.63, 3.8) is 0 Å². The lowest BCUT2D eigenvalue weighted by Gasteiger charge is -2.03. The second-order valence-electron chi connectivity index (χ2n) is 3.47. The predicted molar refractivity (Wildman–Crippen MR) is 62.0 cm³/mol. The van der Waals surface area contributed by atoms with Crippen LogP contribution in [0.1, 0.15) is 20.8 Å². The summed E-state index contributed by atoms with van der Waals surface area (Å²) in [6.45, 7) is 6.37. The monoisotopic (exact) mass is 220 g/mol. The fraction of sp³-hybridized carbons (Fsp3) is 0.417. The summed E-state index contributed by atoms with van der Waals surface area (Å²) in [6, 6.07) is 0. The molecule has 1 heterocycles. The molecule has 4 nitrogen and oxygen atoms in total. The van der Waals surface area contributed by atoms with Crippen LogP contribution in [0.25, 0.3) is 0 Å². The molecule has 0 radical (unpaired) electrons. The third-order valence-corrected chi connectivity index (χ3v) is 2.02. The zero-order valence-corrected chi connectivity index (χ0v) is 9.86. The first-order chi connectivity index (χ1) is 7.65. The van der Waals surface area contributed by atoms with Crippen molar-refractivity contribution >= 4 is 5.97 Å². The van der Waals surface area contributed by atoms with Gasteiger partial charge >= 0.3 is 5.97 Å². The van der Waals surface area contributed by atoms with Crippen LogP contribution in [-0.4, -0.2) is 19.1 Å². The Hall–Kier alpha value is -1.71. The van der Waals surface area contributed by atoms with Crippen molar-refractivity contribution in [3.05, 3.63) is 35.1 Å². The molecule has 86 valence electrons. The molecule has 4 heteroatoms. The molecule has 0 aromatic carbocycles. The number of hydrogen-bond acceptors (Lipinski definition) is 4. The number of nitrogens with zero attached hydrogens (tertiary/aromatic N) is 2. The first-order valence-corrected chi connectivity index (χ1v) is 5.25. The van der Waals surface area contributed by atoms with E-state index in [1.807, 2.05) is 32.1 Å². The van der Waals surface area contributed by atoms with E-state index >= 15 is 0 Å². The topological polar surface area (TPSA) is 51.0 Å². The average molecular weight is 220 g/mol. The van der Waals surface area contributed by atoms with Gasteiger partial charge in [0.15, 0.2) is 5.70 Å². The number of rotatable bonds is 2. The highest BCUT2D eigenvalue weighted by Gasteiger charge is 2.13. The van der Waals surface area contributed by atoms with Gasteiger partial charge in [0.1, 0.15) is 0 Å². The number of esters is 1. The van der Waals surface area contributed by atoms with Crippen LogP contribution in [0.2, 0.25) is 0 Å². The lowest BCUT2D eigenvalue weighted by atomic mass is 10.1. The summed E-state index contributed by atoms with van der Waals surface area (Å²) in [5.74, 6) is -0.422. The van der Waals surface area contributed by atoms with Gasteiger partial charge in [0.2, 0.25) is 0 Å². The Bertz CT molecular complexity index is 390.